The Morgan fingerprint density at radius 2 is 1.13 bits per heavy atom. The Bertz CT molecular complexity index is 1890. The van der Waals surface area contributed by atoms with E-state index in [-0.39, 0.29) is 18.5 Å². The topological polar surface area (TPSA) is 63.2 Å². The number of fused-ring (bicyclic) bond motifs is 3. The molecule has 5 aromatic carbocycles. The minimum atomic E-state index is -0.786. The monoisotopic (exact) mass is 712 g/mol. The van der Waals surface area contributed by atoms with E-state index in [4.69, 9.17) is 23.7 Å². The van der Waals surface area contributed by atoms with Crippen molar-refractivity contribution in [2.75, 3.05) is 6.61 Å². The number of carbonyl (C=O) groups is 1. The molecule has 7 heteroatoms. The maximum atomic E-state index is 13.0. The smallest absolute Gasteiger partial charge is 0.174 e. The predicted molar refractivity (Wildman–Crippen MR) is 205 cm³/mol. The van der Waals surface area contributed by atoms with Crippen molar-refractivity contribution in [3.8, 4) is 11.1 Å². The second kappa shape index (κ2) is 17.5. The number of ketones is 1. The average molecular weight is 713 g/mol. The number of carbonyl (C=O) groups excluding carboxylic acids is 1. The summed E-state index contributed by atoms with van der Waals surface area (Å²) in [6.45, 7) is 4.84. The zero-order chi connectivity index (χ0) is 35.7. The van der Waals surface area contributed by atoms with Crippen LogP contribution in [0.3, 0.4) is 0 Å². The maximum Gasteiger partial charge on any atom is 0.174 e. The Labute approximate surface area is 310 Å². The van der Waals surface area contributed by atoms with Crippen LogP contribution in [-0.2, 0) is 48.3 Å². The Kier molecular flexibility index (Phi) is 12.1. The van der Waals surface area contributed by atoms with Crippen molar-refractivity contribution >= 4 is 17.5 Å². The molecule has 0 radical (unpaired) electrons. The van der Waals surface area contributed by atoms with Crippen LogP contribution in [0.1, 0.15) is 47.8 Å². The summed E-state index contributed by atoms with van der Waals surface area (Å²) in [5, 5.41) is -0.468. The van der Waals surface area contributed by atoms with Gasteiger partial charge in [0.1, 0.15) is 24.4 Å². The van der Waals surface area contributed by atoms with E-state index in [0.717, 1.165) is 38.9 Å². The summed E-state index contributed by atoms with van der Waals surface area (Å²) in [7, 11) is 0. The molecule has 5 atom stereocenters. The summed E-state index contributed by atoms with van der Waals surface area (Å²) >= 11 is 1.44. The molecule has 266 valence electrons. The number of hydrogen-bond acceptors (Lipinski definition) is 7. The Hall–Kier alpha value is -4.34. The Morgan fingerprint density at radius 3 is 1.65 bits per heavy atom. The molecule has 52 heavy (non-hydrogen) atoms. The molecule has 6 nitrogen and oxygen atoms in total. The van der Waals surface area contributed by atoms with Crippen molar-refractivity contribution in [1.29, 1.82) is 0 Å². The third-order valence-corrected chi connectivity index (χ3v) is 11.0. The van der Waals surface area contributed by atoms with Gasteiger partial charge in [-0.25, -0.2) is 0 Å². The van der Waals surface area contributed by atoms with E-state index in [2.05, 4.69) is 48.5 Å². The summed E-state index contributed by atoms with van der Waals surface area (Å²) in [6, 6.07) is 47.0. The van der Waals surface area contributed by atoms with E-state index in [9.17, 15) is 4.79 Å². The van der Waals surface area contributed by atoms with Crippen LogP contribution in [0.15, 0.2) is 151 Å². The lowest BCUT2D eigenvalue weighted by Crippen LogP contribution is -2.60. The molecule has 0 saturated carbocycles. The lowest BCUT2D eigenvalue weighted by atomic mass is 9.99. The quantitative estimate of drug-likeness (QED) is 0.100. The van der Waals surface area contributed by atoms with Crippen LogP contribution in [0, 0.1) is 0 Å². The van der Waals surface area contributed by atoms with Crippen molar-refractivity contribution in [1.82, 2.24) is 0 Å². The number of thioether (sulfide) groups is 1. The molecule has 0 spiro atoms. The lowest BCUT2D eigenvalue weighted by Gasteiger charge is -2.46. The molecule has 0 bridgehead atoms. The molecule has 1 heterocycles. The van der Waals surface area contributed by atoms with Crippen LogP contribution in [0.2, 0.25) is 0 Å². The van der Waals surface area contributed by atoms with Gasteiger partial charge in [0.25, 0.3) is 0 Å². The highest BCUT2D eigenvalue weighted by atomic mass is 32.2. The first-order chi connectivity index (χ1) is 25.6. The molecule has 0 aromatic heterocycles. The molecule has 0 unspecified atom stereocenters. The van der Waals surface area contributed by atoms with E-state index in [1.54, 1.807) is 6.92 Å². The molecule has 1 saturated heterocycles. The van der Waals surface area contributed by atoms with Crippen LogP contribution in [0.4, 0.5) is 0 Å². The zero-order valence-electron chi connectivity index (χ0n) is 29.5. The third-order valence-electron chi connectivity index (χ3n) is 9.47. The van der Waals surface area contributed by atoms with Crippen LogP contribution >= 0.6 is 11.8 Å². The molecule has 0 amide bonds. The fourth-order valence-electron chi connectivity index (χ4n) is 6.93. The lowest BCUT2D eigenvalue weighted by molar-refractivity contribution is -0.281. The number of rotatable bonds is 15. The average Bonchev–Trinajstić information content (AvgIpc) is 3.50. The van der Waals surface area contributed by atoms with Gasteiger partial charge in [-0.05, 0) is 52.8 Å². The van der Waals surface area contributed by atoms with E-state index in [1.165, 1.54) is 11.8 Å². The van der Waals surface area contributed by atoms with Crippen LogP contribution in [-0.4, -0.2) is 42.2 Å². The Balaban J connectivity index is 1.27. The molecular formula is C45H44O6S. The van der Waals surface area contributed by atoms with Gasteiger partial charge >= 0.3 is 0 Å². The van der Waals surface area contributed by atoms with Crippen molar-refractivity contribution in [2.24, 2.45) is 0 Å². The fraction of sp³-hybridized carbons (Fsp3) is 0.267. The zero-order valence-corrected chi connectivity index (χ0v) is 30.3. The number of hydrogen-bond donors (Lipinski definition) is 0. The minimum absolute atomic E-state index is 0.0281. The largest absolute Gasteiger partial charge is 0.374 e. The van der Waals surface area contributed by atoms with Crippen LogP contribution in [0.5, 0.6) is 0 Å². The fourth-order valence-corrected chi connectivity index (χ4v) is 8.13. The van der Waals surface area contributed by atoms with Crippen molar-refractivity contribution in [3.63, 3.8) is 0 Å². The predicted octanol–water partition coefficient (Wildman–Crippen LogP) is 9.48. The number of ether oxygens (including phenoxy) is 5. The van der Waals surface area contributed by atoms with Gasteiger partial charge in [0.2, 0.25) is 0 Å². The highest BCUT2D eigenvalue weighted by Crippen LogP contribution is 2.48. The maximum absolute atomic E-state index is 13.0. The van der Waals surface area contributed by atoms with E-state index in [1.807, 2.05) is 104 Å². The van der Waals surface area contributed by atoms with E-state index >= 15 is 0 Å². The molecule has 2 aliphatic rings. The standard InChI is InChI=1S/C45H44O6S/c1-3-40(31(2)46)52-44-43(49-29-34-21-11-6-12-22-34)42(48-28-33-19-9-5-10-20-33)39(30-47-27-32-17-7-4-8-18-32)50-45(44)51-41-37-25-15-13-23-35(37)36-24-14-16-26-38(36)41/h3-26,39,41-45H,27-30H2,1-2H3/b40-3-/t39-,42-,43+,44-,45+/m1/s1. The molecule has 7 rings (SSSR count). The third kappa shape index (κ3) is 8.48. The molecular weight excluding hydrogens is 669 g/mol. The number of allylic oxidation sites excluding steroid dienone is 2. The molecule has 1 aliphatic carbocycles. The first-order valence-electron chi connectivity index (χ1n) is 17.8. The van der Waals surface area contributed by atoms with E-state index < -0.39 is 29.9 Å². The minimum Gasteiger partial charge on any atom is -0.374 e. The van der Waals surface area contributed by atoms with Gasteiger partial charge in [-0.2, -0.15) is 0 Å². The van der Waals surface area contributed by atoms with Crippen LogP contribution in [0.25, 0.3) is 11.1 Å². The van der Waals surface area contributed by atoms with Gasteiger partial charge in [0, 0.05) is 4.91 Å². The molecule has 1 fully saturated rings. The second-order valence-electron chi connectivity index (χ2n) is 13.0. The van der Waals surface area contributed by atoms with Gasteiger partial charge in [-0.15, -0.1) is 11.8 Å². The van der Waals surface area contributed by atoms with Gasteiger partial charge in [-0.3, -0.25) is 4.79 Å². The highest BCUT2D eigenvalue weighted by molar-refractivity contribution is 8.04. The molecule has 0 N–H and O–H groups in total. The van der Waals surface area contributed by atoms with Crippen molar-refractivity contribution < 1.29 is 28.5 Å². The van der Waals surface area contributed by atoms with E-state index in [0.29, 0.717) is 24.7 Å². The van der Waals surface area contributed by atoms with Crippen molar-refractivity contribution in [2.45, 2.75) is 69.6 Å². The SMILES string of the molecule is C/C=C(\S[C@H]1[C@H](OC2c3ccccc3-c3ccccc32)O[C@H](COCc2ccccc2)[C@@H](OCc2ccccc2)[C@@H]1OCc1ccccc1)C(C)=O. The van der Waals surface area contributed by atoms with Gasteiger partial charge in [-0.1, -0.05) is 146 Å². The summed E-state index contributed by atoms with van der Waals surface area (Å²) in [5.74, 6) is -0.0281. The molecule has 5 aromatic rings. The highest BCUT2D eigenvalue weighted by Gasteiger charge is 2.50. The number of Topliss-reactive ketones (excluding diaryl/α,β-unsaturated/α-hetero) is 1. The summed E-state index contributed by atoms with van der Waals surface area (Å²) < 4.78 is 34.3. The van der Waals surface area contributed by atoms with Crippen molar-refractivity contribution in [3.05, 3.63) is 178 Å². The van der Waals surface area contributed by atoms with Gasteiger partial charge in [0.05, 0.1) is 31.7 Å². The number of benzene rings is 5. The first-order valence-corrected chi connectivity index (χ1v) is 18.7. The van der Waals surface area contributed by atoms with Gasteiger partial charge in [0.15, 0.2) is 12.1 Å². The van der Waals surface area contributed by atoms with Crippen LogP contribution < -0.4 is 0 Å². The molecule has 1 aliphatic heterocycles. The first kappa shape index (κ1) is 36.0. The second-order valence-corrected chi connectivity index (χ2v) is 14.3. The summed E-state index contributed by atoms with van der Waals surface area (Å²) in [5.41, 5.74) is 7.58. The normalized spacial score (nSPS) is 21.4. The summed E-state index contributed by atoms with van der Waals surface area (Å²) in [4.78, 5) is 13.6. The summed E-state index contributed by atoms with van der Waals surface area (Å²) in [6.07, 6.45) is -0.953. The Morgan fingerprint density at radius 1 is 0.654 bits per heavy atom. The van der Waals surface area contributed by atoms with Gasteiger partial charge < -0.3 is 23.7 Å².